The molecule has 2 aromatic rings. The Labute approximate surface area is 97.6 Å². The number of hydrogen-bond acceptors (Lipinski definition) is 3. The predicted molar refractivity (Wildman–Crippen MR) is 66.7 cm³/mol. The fourth-order valence-corrected chi connectivity index (χ4v) is 2.15. The molecule has 2 heterocycles. The van der Waals surface area contributed by atoms with E-state index in [-0.39, 0.29) is 0 Å². The van der Waals surface area contributed by atoms with Gasteiger partial charge < -0.3 is 5.73 Å². The second-order valence-electron chi connectivity index (χ2n) is 3.23. The van der Waals surface area contributed by atoms with E-state index in [2.05, 4.69) is 11.2 Å². The van der Waals surface area contributed by atoms with Gasteiger partial charge in [0.05, 0.1) is 5.69 Å². The minimum Gasteiger partial charge on any atom is -0.383 e. The van der Waals surface area contributed by atoms with Gasteiger partial charge in [0.15, 0.2) is 0 Å². The molecule has 0 saturated carbocycles. The molecule has 0 aromatic carbocycles. The highest BCUT2D eigenvalue weighted by Crippen LogP contribution is 2.21. The molecule has 0 radical (unpaired) electrons. The van der Waals surface area contributed by atoms with Crippen molar-refractivity contribution >= 4 is 34.8 Å². The molecule has 0 spiro atoms. The number of nitrogen functional groups attached to an aromatic ring is 1. The molecule has 0 atom stereocenters. The van der Waals surface area contributed by atoms with Gasteiger partial charge in [0.1, 0.15) is 16.6 Å². The van der Waals surface area contributed by atoms with Crippen molar-refractivity contribution in [2.45, 2.75) is 6.42 Å². The van der Waals surface area contributed by atoms with Gasteiger partial charge in [0.2, 0.25) is 0 Å². The summed E-state index contributed by atoms with van der Waals surface area (Å²) in [6.45, 7) is 0. The van der Waals surface area contributed by atoms with Crippen LogP contribution in [0.1, 0.15) is 5.69 Å². The third-order valence-electron chi connectivity index (χ3n) is 2.25. The predicted octanol–water partition coefficient (Wildman–Crippen LogP) is 2.48. The highest BCUT2D eigenvalue weighted by molar-refractivity contribution is 7.98. The number of nitrogens with zero attached hydrogens (tertiary/aromatic N) is 2. The maximum atomic E-state index is 6.05. The Morgan fingerprint density at radius 2 is 2.33 bits per heavy atom. The zero-order chi connectivity index (χ0) is 10.8. The minimum atomic E-state index is 0.605. The van der Waals surface area contributed by atoms with Crippen LogP contribution in [-0.2, 0) is 6.42 Å². The second kappa shape index (κ2) is 4.33. The molecule has 2 rings (SSSR count). The molecule has 3 nitrogen and oxygen atoms in total. The van der Waals surface area contributed by atoms with E-state index in [1.807, 2.05) is 18.2 Å². The van der Waals surface area contributed by atoms with Gasteiger partial charge in [-0.2, -0.15) is 11.8 Å². The number of imidazole rings is 1. The zero-order valence-electron chi connectivity index (χ0n) is 8.40. The van der Waals surface area contributed by atoms with Crippen molar-refractivity contribution in [3.8, 4) is 0 Å². The lowest BCUT2D eigenvalue weighted by atomic mass is 10.3. The molecule has 15 heavy (non-hydrogen) atoms. The molecular formula is C10H12ClN3S. The van der Waals surface area contributed by atoms with Gasteiger partial charge >= 0.3 is 0 Å². The Hall–Kier alpha value is -0.870. The summed E-state index contributed by atoms with van der Waals surface area (Å²) in [5.41, 5.74) is 7.73. The third-order valence-corrected chi connectivity index (χ3v) is 3.16. The van der Waals surface area contributed by atoms with Crippen molar-refractivity contribution in [3.05, 3.63) is 29.0 Å². The van der Waals surface area contributed by atoms with Crippen LogP contribution in [0.2, 0.25) is 5.15 Å². The van der Waals surface area contributed by atoms with Crippen LogP contribution < -0.4 is 5.73 Å². The van der Waals surface area contributed by atoms with Crippen LogP contribution in [0, 0.1) is 0 Å². The molecule has 2 N–H and O–H groups in total. The fourth-order valence-electron chi connectivity index (χ4n) is 1.51. The van der Waals surface area contributed by atoms with Crippen LogP contribution in [0.4, 0.5) is 5.82 Å². The van der Waals surface area contributed by atoms with Crippen LogP contribution in [0.5, 0.6) is 0 Å². The molecule has 0 aliphatic heterocycles. The lowest BCUT2D eigenvalue weighted by Crippen LogP contribution is -1.98. The maximum absolute atomic E-state index is 6.05. The monoisotopic (exact) mass is 241 g/mol. The fraction of sp³-hybridized carbons (Fsp3) is 0.300. The van der Waals surface area contributed by atoms with Crippen LogP contribution in [0.15, 0.2) is 18.2 Å². The minimum absolute atomic E-state index is 0.605. The number of halogens is 1. The Morgan fingerprint density at radius 3 is 3.00 bits per heavy atom. The molecule has 2 aromatic heterocycles. The summed E-state index contributed by atoms with van der Waals surface area (Å²) >= 11 is 7.83. The van der Waals surface area contributed by atoms with Gasteiger partial charge in [0.25, 0.3) is 0 Å². The number of rotatable bonds is 3. The van der Waals surface area contributed by atoms with Crippen molar-refractivity contribution in [3.63, 3.8) is 0 Å². The number of aromatic nitrogens is 2. The van der Waals surface area contributed by atoms with E-state index in [0.717, 1.165) is 23.5 Å². The number of fused-ring (bicyclic) bond motifs is 1. The van der Waals surface area contributed by atoms with Crippen LogP contribution >= 0.6 is 23.4 Å². The smallest absolute Gasteiger partial charge is 0.139 e. The molecule has 0 saturated heterocycles. The Bertz CT molecular complexity index is 481. The highest BCUT2D eigenvalue weighted by Gasteiger charge is 2.10. The van der Waals surface area contributed by atoms with Crippen molar-refractivity contribution in [1.82, 2.24) is 9.38 Å². The first kappa shape index (κ1) is 10.6. The number of pyridine rings is 1. The van der Waals surface area contributed by atoms with Crippen molar-refractivity contribution < 1.29 is 0 Å². The van der Waals surface area contributed by atoms with Crippen molar-refractivity contribution in [2.75, 3.05) is 17.7 Å². The van der Waals surface area contributed by atoms with Gasteiger partial charge in [-0.25, -0.2) is 4.98 Å². The Balaban J connectivity index is 2.50. The molecule has 0 aliphatic carbocycles. The average molecular weight is 242 g/mol. The van der Waals surface area contributed by atoms with Crippen LogP contribution in [0.25, 0.3) is 5.65 Å². The van der Waals surface area contributed by atoms with Gasteiger partial charge in [-0.05, 0) is 24.1 Å². The molecule has 0 bridgehead atoms. The number of nitrogens with two attached hydrogens (primary N) is 1. The number of thioether (sulfide) groups is 1. The number of hydrogen-bond donors (Lipinski definition) is 1. The van der Waals surface area contributed by atoms with Crippen molar-refractivity contribution in [2.24, 2.45) is 0 Å². The standard InChI is InChI=1S/C10H12ClN3S/c1-15-6-5-7-10(12)14-8(11)3-2-4-9(14)13-7/h2-4H,5-6,12H2,1H3. The normalized spacial score (nSPS) is 11.1. The Kier molecular flexibility index (Phi) is 3.07. The summed E-state index contributed by atoms with van der Waals surface area (Å²) in [4.78, 5) is 4.45. The van der Waals surface area contributed by atoms with Gasteiger partial charge in [0, 0.05) is 6.42 Å². The van der Waals surface area contributed by atoms with Crippen LogP contribution in [-0.4, -0.2) is 21.4 Å². The molecule has 80 valence electrons. The van der Waals surface area contributed by atoms with E-state index in [9.17, 15) is 0 Å². The summed E-state index contributed by atoms with van der Waals surface area (Å²) in [7, 11) is 0. The lowest BCUT2D eigenvalue weighted by Gasteiger charge is -1.99. The van der Waals surface area contributed by atoms with E-state index in [1.54, 1.807) is 16.2 Å². The maximum Gasteiger partial charge on any atom is 0.139 e. The van der Waals surface area contributed by atoms with E-state index >= 15 is 0 Å². The van der Waals surface area contributed by atoms with Crippen molar-refractivity contribution in [1.29, 1.82) is 0 Å². The molecule has 0 unspecified atom stereocenters. The number of anilines is 1. The van der Waals surface area contributed by atoms with E-state index in [4.69, 9.17) is 17.3 Å². The van der Waals surface area contributed by atoms with Gasteiger partial charge in [-0.3, -0.25) is 4.40 Å². The van der Waals surface area contributed by atoms with Crippen LogP contribution in [0.3, 0.4) is 0 Å². The SMILES string of the molecule is CSCCc1nc2cccc(Cl)n2c1N. The second-order valence-corrected chi connectivity index (χ2v) is 4.60. The lowest BCUT2D eigenvalue weighted by molar-refractivity contribution is 1.09. The van der Waals surface area contributed by atoms with Gasteiger partial charge in [-0.15, -0.1) is 0 Å². The summed E-state index contributed by atoms with van der Waals surface area (Å²) in [5.74, 6) is 1.68. The van der Waals surface area contributed by atoms with E-state index in [0.29, 0.717) is 11.0 Å². The third kappa shape index (κ3) is 1.92. The summed E-state index contributed by atoms with van der Waals surface area (Å²) in [5, 5.41) is 0.605. The Morgan fingerprint density at radius 1 is 1.53 bits per heavy atom. The topological polar surface area (TPSA) is 43.3 Å². The first-order chi connectivity index (χ1) is 7.24. The molecule has 0 amide bonds. The zero-order valence-corrected chi connectivity index (χ0v) is 9.98. The summed E-state index contributed by atoms with van der Waals surface area (Å²) in [6, 6.07) is 5.60. The molecule has 5 heteroatoms. The van der Waals surface area contributed by atoms with E-state index < -0.39 is 0 Å². The first-order valence-corrected chi connectivity index (χ1v) is 6.41. The molecule has 0 fully saturated rings. The van der Waals surface area contributed by atoms with Gasteiger partial charge in [-0.1, -0.05) is 17.7 Å². The quantitative estimate of drug-likeness (QED) is 0.840. The molecular weight excluding hydrogens is 230 g/mol. The largest absolute Gasteiger partial charge is 0.383 e. The average Bonchev–Trinajstić information content (AvgIpc) is 2.54. The highest BCUT2D eigenvalue weighted by atomic mass is 35.5. The number of aryl methyl sites for hydroxylation is 1. The first-order valence-electron chi connectivity index (χ1n) is 4.64. The molecule has 0 aliphatic rings. The summed E-state index contributed by atoms with van der Waals surface area (Å²) in [6.07, 6.45) is 2.95. The summed E-state index contributed by atoms with van der Waals surface area (Å²) < 4.78 is 1.78. The van der Waals surface area contributed by atoms with E-state index in [1.165, 1.54) is 0 Å².